The van der Waals surface area contributed by atoms with Crippen molar-refractivity contribution in [1.82, 2.24) is 9.97 Å². The highest BCUT2D eigenvalue weighted by Gasteiger charge is 2.81. The SMILES string of the molecule is CC[C@]12O[C@@H](c3csc4c(N)ncnc34)C[C@@]1(O)C2O. The monoisotopic (exact) mass is 293 g/mol. The van der Waals surface area contributed by atoms with Crippen molar-refractivity contribution in [3.05, 3.63) is 17.3 Å². The lowest BCUT2D eigenvalue weighted by atomic mass is 10.0. The van der Waals surface area contributed by atoms with Gasteiger partial charge in [-0.2, -0.15) is 0 Å². The van der Waals surface area contributed by atoms with Gasteiger partial charge in [-0.15, -0.1) is 11.3 Å². The molecule has 106 valence electrons. The quantitative estimate of drug-likeness (QED) is 0.763. The number of aliphatic hydroxyl groups excluding tert-OH is 1. The van der Waals surface area contributed by atoms with Crippen LogP contribution in [-0.2, 0) is 4.74 Å². The summed E-state index contributed by atoms with van der Waals surface area (Å²) in [6.07, 6.45) is 1.35. The summed E-state index contributed by atoms with van der Waals surface area (Å²) in [6.45, 7) is 1.91. The number of fused-ring (bicyclic) bond motifs is 2. The van der Waals surface area contributed by atoms with E-state index in [1.54, 1.807) is 0 Å². The number of ether oxygens (including phenoxy) is 1. The molecule has 0 aromatic carbocycles. The third-order valence-corrected chi connectivity index (χ3v) is 5.68. The number of nitrogens with two attached hydrogens (primary N) is 1. The average molecular weight is 293 g/mol. The first-order valence-corrected chi connectivity index (χ1v) is 7.47. The van der Waals surface area contributed by atoms with E-state index in [0.29, 0.717) is 18.7 Å². The molecule has 1 unspecified atom stereocenters. The second kappa shape index (κ2) is 3.67. The Morgan fingerprint density at radius 3 is 3.05 bits per heavy atom. The van der Waals surface area contributed by atoms with Crippen molar-refractivity contribution < 1.29 is 14.9 Å². The summed E-state index contributed by atoms with van der Waals surface area (Å²) in [5.74, 6) is 0.457. The summed E-state index contributed by atoms with van der Waals surface area (Å²) < 4.78 is 6.82. The molecule has 0 spiro atoms. The van der Waals surface area contributed by atoms with Crippen LogP contribution in [0.4, 0.5) is 5.82 Å². The molecular formula is C13H15N3O3S. The molecule has 3 heterocycles. The lowest BCUT2D eigenvalue weighted by molar-refractivity contribution is -0.0351. The molecule has 4 atom stereocenters. The molecule has 0 radical (unpaired) electrons. The van der Waals surface area contributed by atoms with Crippen LogP contribution in [-0.4, -0.2) is 37.5 Å². The van der Waals surface area contributed by atoms with Crippen LogP contribution >= 0.6 is 11.3 Å². The molecule has 2 aliphatic rings. The van der Waals surface area contributed by atoms with Crippen molar-refractivity contribution in [2.75, 3.05) is 5.73 Å². The van der Waals surface area contributed by atoms with Crippen molar-refractivity contribution >= 4 is 27.4 Å². The maximum absolute atomic E-state index is 10.5. The van der Waals surface area contributed by atoms with Gasteiger partial charge in [0, 0.05) is 12.0 Å². The molecule has 1 aliphatic heterocycles. The number of aliphatic hydroxyl groups is 2. The molecule has 1 saturated carbocycles. The van der Waals surface area contributed by atoms with E-state index in [-0.39, 0.29) is 6.10 Å². The lowest BCUT2D eigenvalue weighted by Gasteiger charge is -2.17. The van der Waals surface area contributed by atoms with Gasteiger partial charge in [-0.05, 0) is 11.8 Å². The number of aromatic nitrogens is 2. The highest BCUT2D eigenvalue weighted by Crippen LogP contribution is 2.65. The van der Waals surface area contributed by atoms with Gasteiger partial charge in [0.05, 0.1) is 16.3 Å². The summed E-state index contributed by atoms with van der Waals surface area (Å²) in [5.41, 5.74) is 5.59. The predicted octanol–water partition coefficient (Wildman–Crippen LogP) is 0.989. The molecule has 0 amide bonds. The van der Waals surface area contributed by atoms with E-state index in [1.807, 2.05) is 12.3 Å². The smallest absolute Gasteiger partial charge is 0.144 e. The van der Waals surface area contributed by atoms with Gasteiger partial charge in [0.2, 0.25) is 0 Å². The Kier molecular flexibility index (Phi) is 2.29. The summed E-state index contributed by atoms with van der Waals surface area (Å²) in [5, 5.41) is 22.3. The normalized spacial score (nSPS) is 39.1. The van der Waals surface area contributed by atoms with Crippen LogP contribution < -0.4 is 5.73 Å². The van der Waals surface area contributed by atoms with Gasteiger partial charge < -0.3 is 20.7 Å². The van der Waals surface area contributed by atoms with E-state index in [0.717, 1.165) is 15.8 Å². The molecule has 0 bridgehead atoms. The topological polar surface area (TPSA) is 101 Å². The molecular weight excluding hydrogens is 278 g/mol. The minimum Gasteiger partial charge on any atom is -0.387 e. The first-order chi connectivity index (χ1) is 9.53. The molecule has 2 fully saturated rings. The van der Waals surface area contributed by atoms with E-state index in [9.17, 15) is 10.2 Å². The largest absolute Gasteiger partial charge is 0.387 e. The summed E-state index contributed by atoms with van der Waals surface area (Å²) >= 11 is 1.48. The molecule has 1 aliphatic carbocycles. The third-order valence-electron chi connectivity index (χ3n) is 4.67. The van der Waals surface area contributed by atoms with Gasteiger partial charge in [0.15, 0.2) is 0 Å². The zero-order valence-corrected chi connectivity index (χ0v) is 11.7. The Balaban J connectivity index is 1.75. The Morgan fingerprint density at radius 1 is 1.55 bits per heavy atom. The second-order valence-corrected chi connectivity index (χ2v) is 6.39. The highest BCUT2D eigenvalue weighted by molar-refractivity contribution is 7.17. The molecule has 1 saturated heterocycles. The zero-order chi connectivity index (χ0) is 14.1. The maximum Gasteiger partial charge on any atom is 0.144 e. The van der Waals surface area contributed by atoms with Gasteiger partial charge in [0.1, 0.15) is 29.5 Å². The molecule has 4 rings (SSSR count). The third kappa shape index (κ3) is 1.24. The van der Waals surface area contributed by atoms with Gasteiger partial charge in [0.25, 0.3) is 0 Å². The highest BCUT2D eigenvalue weighted by atomic mass is 32.1. The number of nitrogens with zero attached hydrogens (tertiary/aromatic N) is 2. The van der Waals surface area contributed by atoms with E-state index in [1.165, 1.54) is 17.7 Å². The van der Waals surface area contributed by atoms with Gasteiger partial charge in [-0.25, -0.2) is 9.97 Å². The van der Waals surface area contributed by atoms with Crippen molar-refractivity contribution in [1.29, 1.82) is 0 Å². The summed E-state index contributed by atoms with van der Waals surface area (Å²) in [7, 11) is 0. The first kappa shape index (κ1) is 12.5. The number of thiophene rings is 1. The van der Waals surface area contributed by atoms with Crippen molar-refractivity contribution in [2.24, 2.45) is 0 Å². The van der Waals surface area contributed by atoms with E-state index >= 15 is 0 Å². The fourth-order valence-corrected chi connectivity index (χ4v) is 4.40. The first-order valence-electron chi connectivity index (χ1n) is 6.59. The molecule has 6 nitrogen and oxygen atoms in total. The van der Waals surface area contributed by atoms with Crippen LogP contribution in [0.25, 0.3) is 10.2 Å². The van der Waals surface area contributed by atoms with Gasteiger partial charge >= 0.3 is 0 Å². The van der Waals surface area contributed by atoms with Crippen LogP contribution in [0, 0.1) is 0 Å². The number of rotatable bonds is 2. The van der Waals surface area contributed by atoms with Crippen molar-refractivity contribution in [3.63, 3.8) is 0 Å². The fraction of sp³-hybridized carbons (Fsp3) is 0.538. The Bertz CT molecular complexity index is 705. The lowest BCUT2D eigenvalue weighted by Crippen LogP contribution is -2.19. The Morgan fingerprint density at radius 2 is 2.35 bits per heavy atom. The zero-order valence-electron chi connectivity index (χ0n) is 10.9. The van der Waals surface area contributed by atoms with Crippen LogP contribution in [0.1, 0.15) is 31.4 Å². The van der Waals surface area contributed by atoms with Crippen molar-refractivity contribution in [3.8, 4) is 0 Å². The van der Waals surface area contributed by atoms with Crippen LogP contribution in [0.15, 0.2) is 11.7 Å². The Labute approximate surface area is 119 Å². The molecule has 4 N–H and O–H groups in total. The minimum absolute atomic E-state index is 0.258. The molecule has 7 heteroatoms. The molecule has 2 aromatic heterocycles. The maximum atomic E-state index is 10.5. The van der Waals surface area contributed by atoms with Crippen LogP contribution in [0.2, 0.25) is 0 Å². The fourth-order valence-electron chi connectivity index (χ4n) is 3.43. The summed E-state index contributed by atoms with van der Waals surface area (Å²) in [4.78, 5) is 8.25. The van der Waals surface area contributed by atoms with Crippen LogP contribution in [0.3, 0.4) is 0 Å². The van der Waals surface area contributed by atoms with Crippen molar-refractivity contribution in [2.45, 2.75) is 43.2 Å². The van der Waals surface area contributed by atoms with Gasteiger partial charge in [-0.1, -0.05) is 6.92 Å². The van der Waals surface area contributed by atoms with E-state index < -0.39 is 17.3 Å². The number of hydrogen-bond acceptors (Lipinski definition) is 7. The molecule has 20 heavy (non-hydrogen) atoms. The standard InChI is InChI=1S/C13H15N3O3S/c1-2-13-11(17)12(13,18)3-7(19-13)6-4-20-9-8(6)15-5-16-10(9)14/h4-5,7,11,17-18H,2-3H2,1H3,(H2,14,15,16)/t7-,11?,12-,13-/m1/s1. The van der Waals surface area contributed by atoms with E-state index in [2.05, 4.69) is 9.97 Å². The summed E-state index contributed by atoms with van der Waals surface area (Å²) in [6, 6.07) is 0. The van der Waals surface area contributed by atoms with Crippen LogP contribution in [0.5, 0.6) is 0 Å². The van der Waals surface area contributed by atoms with Gasteiger partial charge in [-0.3, -0.25) is 0 Å². The minimum atomic E-state index is -1.13. The number of hydrogen-bond donors (Lipinski definition) is 3. The average Bonchev–Trinajstić information content (AvgIpc) is 2.84. The number of nitrogen functional groups attached to an aromatic ring is 1. The number of anilines is 1. The predicted molar refractivity (Wildman–Crippen MR) is 74.2 cm³/mol. The second-order valence-electron chi connectivity index (χ2n) is 5.51. The molecule has 2 aromatic rings. The Hall–Kier alpha value is -1.28. The van der Waals surface area contributed by atoms with E-state index in [4.69, 9.17) is 10.5 Å².